The number of pyridine rings is 2. The fraction of sp³-hybridized carbons (Fsp3) is 0.212. The third kappa shape index (κ3) is 3.95. The molecule has 3 heterocycles. The van der Waals surface area contributed by atoms with Crippen molar-refractivity contribution in [3.05, 3.63) is 96.4 Å². The highest BCUT2D eigenvalue weighted by molar-refractivity contribution is 6.13. The lowest BCUT2D eigenvalue weighted by molar-refractivity contribution is -0.660. The van der Waals surface area contributed by atoms with E-state index in [9.17, 15) is 0 Å². The topological polar surface area (TPSA) is 29.9 Å². The van der Waals surface area contributed by atoms with Crippen LogP contribution in [0.4, 0.5) is 0 Å². The molecule has 0 aliphatic heterocycles. The molecule has 3 aromatic carbocycles. The summed E-state index contributed by atoms with van der Waals surface area (Å²) < 4.78 is 25.8. The first-order valence-corrected chi connectivity index (χ1v) is 12.4. The summed E-state index contributed by atoms with van der Waals surface area (Å²) in [7, 11) is 2.05. The van der Waals surface area contributed by atoms with Crippen molar-refractivity contribution in [3.63, 3.8) is 0 Å². The van der Waals surface area contributed by atoms with Gasteiger partial charge in [0.1, 0.15) is 18.2 Å². The summed E-state index contributed by atoms with van der Waals surface area (Å²) in [5, 5.41) is 4.58. The lowest BCUT2D eigenvalue weighted by atomic mass is 9.90. The number of furan rings is 1. The van der Waals surface area contributed by atoms with E-state index in [-0.39, 0.29) is 0 Å². The predicted octanol–water partition coefficient (Wildman–Crippen LogP) is 8.19. The molecular formula is C33H31N2O+. The minimum Gasteiger partial charge on any atom is -0.455 e. The molecule has 3 heteroatoms. The Morgan fingerprint density at radius 2 is 1.67 bits per heavy atom. The van der Waals surface area contributed by atoms with E-state index >= 15 is 0 Å². The zero-order chi connectivity index (χ0) is 26.8. The van der Waals surface area contributed by atoms with Gasteiger partial charge in [0.25, 0.3) is 0 Å². The van der Waals surface area contributed by atoms with Crippen molar-refractivity contribution in [2.24, 2.45) is 12.5 Å². The van der Waals surface area contributed by atoms with Gasteiger partial charge in [0, 0.05) is 43.1 Å². The van der Waals surface area contributed by atoms with Gasteiger partial charge in [0.05, 0.1) is 5.56 Å². The van der Waals surface area contributed by atoms with Crippen molar-refractivity contribution in [1.29, 1.82) is 0 Å². The van der Waals surface area contributed by atoms with E-state index in [1.807, 2.05) is 40.0 Å². The standard InChI is InChI=1S/C33H31N2O/c1-21-10-13-27-28-16-22-8-6-7-9-23(22)18-30(28)36-32(27)31(21)29-17-24(14-15-35(29)5)25-11-12-26(34-20-25)19-33(2,3)4/h6-18,20H,19H2,1-5H3/q+1/i19D2. The fourth-order valence-corrected chi connectivity index (χ4v) is 4.96. The number of nitrogens with zero attached hydrogens (tertiary/aromatic N) is 2. The fourth-order valence-electron chi connectivity index (χ4n) is 4.96. The van der Waals surface area contributed by atoms with Crippen LogP contribution in [0.5, 0.6) is 0 Å². The molecular weight excluding hydrogens is 440 g/mol. The molecule has 0 fully saturated rings. The molecule has 0 spiro atoms. The van der Waals surface area contributed by atoms with Gasteiger partial charge in [-0.1, -0.05) is 63.2 Å². The van der Waals surface area contributed by atoms with E-state index in [0.29, 0.717) is 5.69 Å². The highest BCUT2D eigenvalue weighted by Crippen LogP contribution is 2.39. The summed E-state index contributed by atoms with van der Waals surface area (Å²) >= 11 is 0. The third-order valence-electron chi connectivity index (χ3n) is 6.72. The van der Waals surface area contributed by atoms with Crippen LogP contribution >= 0.6 is 0 Å². The Morgan fingerprint density at radius 1 is 0.889 bits per heavy atom. The van der Waals surface area contributed by atoms with Gasteiger partial charge in [0.2, 0.25) is 5.69 Å². The Hall–Kier alpha value is -3.98. The maximum absolute atomic E-state index is 8.55. The second-order valence-corrected chi connectivity index (χ2v) is 10.7. The summed E-state index contributed by atoms with van der Waals surface area (Å²) in [6.07, 6.45) is 2.30. The predicted molar refractivity (Wildman–Crippen MR) is 149 cm³/mol. The maximum atomic E-state index is 8.55. The molecule has 0 aliphatic carbocycles. The Bertz CT molecular complexity index is 1840. The van der Waals surface area contributed by atoms with Gasteiger partial charge in [-0.3, -0.25) is 4.98 Å². The first-order chi connectivity index (χ1) is 18.0. The van der Waals surface area contributed by atoms with Gasteiger partial charge in [0.15, 0.2) is 6.20 Å². The lowest BCUT2D eigenvalue weighted by Gasteiger charge is -2.17. The van der Waals surface area contributed by atoms with Gasteiger partial charge < -0.3 is 4.42 Å². The van der Waals surface area contributed by atoms with E-state index in [2.05, 4.69) is 83.3 Å². The molecule has 36 heavy (non-hydrogen) atoms. The van der Waals surface area contributed by atoms with Crippen molar-refractivity contribution in [1.82, 2.24) is 4.98 Å². The number of aryl methyl sites for hydroxylation is 2. The molecule has 0 bridgehead atoms. The third-order valence-corrected chi connectivity index (χ3v) is 6.72. The smallest absolute Gasteiger partial charge is 0.216 e. The van der Waals surface area contributed by atoms with Crippen LogP contribution in [0, 0.1) is 12.3 Å². The van der Waals surface area contributed by atoms with Gasteiger partial charge in [-0.15, -0.1) is 0 Å². The molecule has 0 saturated carbocycles. The van der Waals surface area contributed by atoms with E-state index in [4.69, 9.17) is 7.16 Å². The van der Waals surface area contributed by atoms with Crippen LogP contribution in [0.25, 0.3) is 55.1 Å². The first-order valence-electron chi connectivity index (χ1n) is 13.4. The number of hydrogen-bond donors (Lipinski definition) is 0. The van der Waals surface area contributed by atoms with Crippen molar-refractivity contribution in [2.75, 3.05) is 0 Å². The molecule has 0 unspecified atom stereocenters. The summed E-state index contributed by atoms with van der Waals surface area (Å²) in [6, 6.07) is 25.0. The second kappa shape index (κ2) is 8.30. The van der Waals surface area contributed by atoms with Crippen LogP contribution in [0.2, 0.25) is 0 Å². The molecule has 3 aromatic heterocycles. The Morgan fingerprint density at radius 3 is 2.39 bits per heavy atom. The van der Waals surface area contributed by atoms with Crippen LogP contribution < -0.4 is 4.57 Å². The molecule has 0 N–H and O–H groups in total. The van der Waals surface area contributed by atoms with Gasteiger partial charge in [-0.2, -0.15) is 0 Å². The summed E-state index contributed by atoms with van der Waals surface area (Å²) in [6.45, 7) is 7.82. The average Bonchev–Trinajstić information content (AvgIpc) is 3.24. The number of hydrogen-bond acceptors (Lipinski definition) is 2. The molecule has 0 aliphatic rings. The highest BCUT2D eigenvalue weighted by atomic mass is 16.3. The molecule has 0 radical (unpaired) electrons. The van der Waals surface area contributed by atoms with Crippen molar-refractivity contribution < 1.29 is 11.7 Å². The van der Waals surface area contributed by atoms with Crippen molar-refractivity contribution >= 4 is 32.7 Å². The number of fused-ring (bicyclic) bond motifs is 4. The number of rotatable bonds is 3. The van der Waals surface area contributed by atoms with Crippen molar-refractivity contribution in [2.45, 2.75) is 34.1 Å². The van der Waals surface area contributed by atoms with Crippen LogP contribution in [-0.4, -0.2) is 4.98 Å². The van der Waals surface area contributed by atoms with Crippen molar-refractivity contribution in [3.8, 4) is 22.4 Å². The van der Waals surface area contributed by atoms with Gasteiger partial charge in [-0.05, 0) is 58.8 Å². The van der Waals surface area contributed by atoms with Crippen LogP contribution in [0.3, 0.4) is 0 Å². The van der Waals surface area contributed by atoms with Crippen LogP contribution in [0.1, 0.15) is 34.8 Å². The quantitative estimate of drug-likeness (QED) is 0.243. The second-order valence-electron chi connectivity index (χ2n) is 10.7. The Kier molecular flexibility index (Phi) is 4.67. The van der Waals surface area contributed by atoms with E-state index in [1.54, 1.807) is 6.20 Å². The summed E-state index contributed by atoms with van der Waals surface area (Å²) in [4.78, 5) is 4.54. The molecule has 0 saturated heterocycles. The largest absolute Gasteiger partial charge is 0.455 e. The minimum atomic E-state index is -1.53. The average molecular weight is 474 g/mol. The van der Waals surface area contributed by atoms with Crippen LogP contribution in [-0.2, 0) is 13.4 Å². The lowest BCUT2D eigenvalue weighted by Crippen LogP contribution is -2.30. The maximum Gasteiger partial charge on any atom is 0.216 e. The summed E-state index contributed by atoms with van der Waals surface area (Å²) in [5.74, 6) is 0. The Balaban J connectivity index is 1.50. The SMILES string of the molecule is [2H]C([2H])(c1ccc(-c2cc[n+](C)c(-c3c(C)ccc4c3oc3cc5ccccc5cc34)c2)cn1)C(C)(C)C. The molecule has 6 aromatic rings. The summed E-state index contributed by atoms with van der Waals surface area (Å²) in [5.41, 5.74) is 6.89. The number of aromatic nitrogens is 2. The van der Waals surface area contributed by atoms with Gasteiger partial charge in [-0.25, -0.2) is 4.57 Å². The molecule has 0 amide bonds. The zero-order valence-electron chi connectivity index (χ0n) is 23.4. The monoisotopic (exact) mass is 473 g/mol. The van der Waals surface area contributed by atoms with Crippen LogP contribution in [0.15, 0.2) is 89.6 Å². The minimum absolute atomic E-state index is 0.450. The van der Waals surface area contributed by atoms with E-state index in [0.717, 1.165) is 55.3 Å². The van der Waals surface area contributed by atoms with E-state index in [1.165, 1.54) is 5.39 Å². The molecule has 178 valence electrons. The number of benzene rings is 3. The van der Waals surface area contributed by atoms with E-state index < -0.39 is 11.8 Å². The highest BCUT2D eigenvalue weighted by Gasteiger charge is 2.22. The zero-order valence-corrected chi connectivity index (χ0v) is 21.4. The Labute approximate surface area is 214 Å². The molecule has 6 rings (SSSR count). The molecule has 3 nitrogen and oxygen atoms in total. The van der Waals surface area contributed by atoms with Gasteiger partial charge >= 0.3 is 0 Å². The molecule has 0 atom stereocenters. The normalized spacial score (nSPS) is 13.4. The first kappa shape index (κ1) is 20.2.